The maximum atomic E-state index is 13.2. The standard InChI is InChI=1S/C20H20N4O2/c1-12-7-6-8-14-13(2)19(26-18(12)14)17(25)15(11-21)20-23-22-16-9-4-3-5-10-24(16)20/h6-8,15H,3-5,9-10H2,1-2H3. The number of nitriles is 1. The zero-order chi connectivity index (χ0) is 18.3. The lowest BCUT2D eigenvalue weighted by Crippen LogP contribution is -2.17. The van der Waals surface area contributed by atoms with Crippen LogP contribution in [0.4, 0.5) is 0 Å². The minimum absolute atomic E-state index is 0.242. The van der Waals surface area contributed by atoms with E-state index in [1.165, 1.54) is 0 Å². The number of aromatic nitrogens is 3. The van der Waals surface area contributed by atoms with E-state index in [4.69, 9.17) is 4.42 Å². The van der Waals surface area contributed by atoms with E-state index in [1.54, 1.807) is 0 Å². The summed E-state index contributed by atoms with van der Waals surface area (Å²) in [6.07, 6.45) is 4.02. The van der Waals surface area contributed by atoms with Crippen LogP contribution in [0.1, 0.15) is 58.5 Å². The molecule has 6 heteroatoms. The van der Waals surface area contributed by atoms with Crippen molar-refractivity contribution in [2.75, 3.05) is 0 Å². The highest BCUT2D eigenvalue weighted by Crippen LogP contribution is 2.31. The highest BCUT2D eigenvalue weighted by molar-refractivity contribution is 6.05. The molecule has 0 aliphatic carbocycles. The first-order valence-corrected chi connectivity index (χ1v) is 8.96. The van der Waals surface area contributed by atoms with Gasteiger partial charge >= 0.3 is 0 Å². The van der Waals surface area contributed by atoms with E-state index < -0.39 is 5.92 Å². The number of Topliss-reactive ketones (excluding diaryl/α,β-unsaturated/α-hetero) is 1. The highest BCUT2D eigenvalue weighted by atomic mass is 16.3. The molecule has 0 N–H and O–H groups in total. The maximum Gasteiger partial charge on any atom is 0.223 e. The minimum atomic E-state index is -1.01. The van der Waals surface area contributed by atoms with Gasteiger partial charge < -0.3 is 8.98 Å². The second kappa shape index (κ2) is 6.41. The first-order chi connectivity index (χ1) is 12.6. The summed E-state index contributed by atoms with van der Waals surface area (Å²) in [5.74, 6) is 0.189. The predicted octanol–water partition coefficient (Wildman–Crippen LogP) is 3.86. The number of fused-ring (bicyclic) bond motifs is 2. The van der Waals surface area contributed by atoms with E-state index in [2.05, 4.69) is 16.3 Å². The van der Waals surface area contributed by atoms with Crippen LogP contribution in [0.3, 0.4) is 0 Å². The Balaban J connectivity index is 1.78. The van der Waals surface area contributed by atoms with Gasteiger partial charge in [0.25, 0.3) is 0 Å². The van der Waals surface area contributed by atoms with Gasteiger partial charge in [0.1, 0.15) is 11.4 Å². The van der Waals surface area contributed by atoms with E-state index >= 15 is 0 Å². The Morgan fingerprint density at radius 2 is 2.12 bits per heavy atom. The zero-order valence-electron chi connectivity index (χ0n) is 15.0. The van der Waals surface area contributed by atoms with E-state index in [0.717, 1.165) is 54.6 Å². The number of rotatable bonds is 3. The van der Waals surface area contributed by atoms with Crippen LogP contribution < -0.4 is 0 Å². The molecule has 2 aromatic heterocycles. The lowest BCUT2D eigenvalue weighted by Gasteiger charge is -2.10. The number of ketones is 1. The first kappa shape index (κ1) is 16.5. The largest absolute Gasteiger partial charge is 0.452 e. The summed E-state index contributed by atoms with van der Waals surface area (Å²) in [5.41, 5.74) is 2.43. The van der Waals surface area contributed by atoms with Crippen molar-refractivity contribution in [3.8, 4) is 6.07 Å². The van der Waals surface area contributed by atoms with Crippen LogP contribution in [0.15, 0.2) is 22.6 Å². The second-order valence-corrected chi connectivity index (χ2v) is 6.87. The van der Waals surface area contributed by atoms with Crippen molar-refractivity contribution < 1.29 is 9.21 Å². The maximum absolute atomic E-state index is 13.2. The number of furan rings is 1. The predicted molar refractivity (Wildman–Crippen MR) is 95.9 cm³/mol. The molecule has 132 valence electrons. The van der Waals surface area contributed by atoms with E-state index in [9.17, 15) is 10.1 Å². The lowest BCUT2D eigenvalue weighted by atomic mass is 9.99. The van der Waals surface area contributed by atoms with Crippen molar-refractivity contribution in [1.29, 1.82) is 5.26 Å². The van der Waals surface area contributed by atoms with Crippen molar-refractivity contribution in [2.45, 2.75) is 52.0 Å². The summed E-state index contributed by atoms with van der Waals surface area (Å²) in [6, 6.07) is 7.94. The van der Waals surface area contributed by atoms with Crippen LogP contribution in [-0.2, 0) is 13.0 Å². The number of carbonyl (C=O) groups is 1. The van der Waals surface area contributed by atoms with Crippen molar-refractivity contribution in [2.24, 2.45) is 0 Å². The Labute approximate surface area is 151 Å². The molecule has 26 heavy (non-hydrogen) atoms. The third kappa shape index (κ3) is 2.51. The molecular weight excluding hydrogens is 328 g/mol. The molecule has 1 aliphatic rings. The third-order valence-corrected chi connectivity index (χ3v) is 5.17. The quantitative estimate of drug-likeness (QED) is 0.671. The van der Waals surface area contributed by atoms with Crippen LogP contribution in [0.2, 0.25) is 0 Å². The second-order valence-electron chi connectivity index (χ2n) is 6.87. The van der Waals surface area contributed by atoms with Crippen molar-refractivity contribution >= 4 is 16.8 Å². The minimum Gasteiger partial charge on any atom is -0.452 e. The molecule has 1 unspecified atom stereocenters. The number of carbonyl (C=O) groups excluding carboxylic acids is 1. The average Bonchev–Trinajstić information content (AvgIpc) is 3.09. The molecule has 4 rings (SSSR count). The topological polar surface area (TPSA) is 84.7 Å². The monoisotopic (exact) mass is 348 g/mol. The Bertz CT molecular complexity index is 1040. The summed E-state index contributed by atoms with van der Waals surface area (Å²) in [4.78, 5) is 13.2. The highest BCUT2D eigenvalue weighted by Gasteiger charge is 2.32. The summed E-state index contributed by atoms with van der Waals surface area (Å²) >= 11 is 0. The van der Waals surface area contributed by atoms with Gasteiger partial charge in [-0.05, 0) is 32.3 Å². The molecule has 3 heterocycles. The van der Waals surface area contributed by atoms with Gasteiger partial charge in [-0.15, -0.1) is 10.2 Å². The molecule has 1 aromatic carbocycles. The van der Waals surface area contributed by atoms with Gasteiger partial charge in [0, 0.05) is 23.9 Å². The zero-order valence-corrected chi connectivity index (χ0v) is 15.0. The van der Waals surface area contributed by atoms with Crippen molar-refractivity contribution in [3.05, 3.63) is 46.7 Å². The van der Waals surface area contributed by atoms with Crippen LogP contribution in [0, 0.1) is 25.2 Å². The van der Waals surface area contributed by atoms with Crippen LogP contribution in [-0.4, -0.2) is 20.5 Å². The van der Waals surface area contributed by atoms with Gasteiger partial charge in [-0.1, -0.05) is 24.6 Å². The molecular formula is C20H20N4O2. The Morgan fingerprint density at radius 3 is 2.88 bits per heavy atom. The molecule has 1 atom stereocenters. The molecule has 0 saturated heterocycles. The third-order valence-electron chi connectivity index (χ3n) is 5.17. The normalized spacial score (nSPS) is 15.3. The van der Waals surface area contributed by atoms with Gasteiger partial charge in [0.2, 0.25) is 5.78 Å². The Kier molecular flexibility index (Phi) is 4.08. The summed E-state index contributed by atoms with van der Waals surface area (Å²) in [5, 5.41) is 19.0. The lowest BCUT2D eigenvalue weighted by molar-refractivity contribution is 0.0949. The van der Waals surface area contributed by atoms with E-state index in [1.807, 2.05) is 36.6 Å². The Morgan fingerprint density at radius 1 is 1.27 bits per heavy atom. The number of hydrogen-bond donors (Lipinski definition) is 0. The average molecular weight is 348 g/mol. The summed E-state index contributed by atoms with van der Waals surface area (Å²) in [7, 11) is 0. The molecule has 6 nitrogen and oxygen atoms in total. The van der Waals surface area contributed by atoms with Crippen molar-refractivity contribution in [3.63, 3.8) is 0 Å². The molecule has 1 aliphatic heterocycles. The molecule has 0 bridgehead atoms. The van der Waals surface area contributed by atoms with Gasteiger partial charge in [0.05, 0.1) is 6.07 Å². The molecule has 0 spiro atoms. The van der Waals surface area contributed by atoms with Gasteiger partial charge in [-0.2, -0.15) is 5.26 Å². The molecule has 3 aromatic rings. The van der Waals surface area contributed by atoms with Crippen LogP contribution in [0.5, 0.6) is 0 Å². The number of hydrogen-bond acceptors (Lipinski definition) is 5. The fourth-order valence-corrected chi connectivity index (χ4v) is 3.71. The van der Waals surface area contributed by atoms with Gasteiger partial charge in [0.15, 0.2) is 17.5 Å². The molecule has 0 saturated carbocycles. The smallest absolute Gasteiger partial charge is 0.223 e. The number of para-hydroxylation sites is 1. The molecule has 0 amide bonds. The summed E-state index contributed by atoms with van der Waals surface area (Å²) in [6.45, 7) is 4.55. The van der Waals surface area contributed by atoms with Gasteiger partial charge in [-0.3, -0.25) is 4.79 Å². The van der Waals surface area contributed by atoms with Crippen LogP contribution in [0.25, 0.3) is 11.0 Å². The number of nitrogens with zero attached hydrogens (tertiary/aromatic N) is 4. The molecule has 0 fully saturated rings. The summed E-state index contributed by atoms with van der Waals surface area (Å²) < 4.78 is 7.83. The number of benzene rings is 1. The van der Waals surface area contributed by atoms with Gasteiger partial charge in [-0.25, -0.2) is 0 Å². The number of aryl methyl sites for hydroxylation is 3. The Hall–Kier alpha value is -2.94. The van der Waals surface area contributed by atoms with E-state index in [0.29, 0.717) is 11.4 Å². The van der Waals surface area contributed by atoms with Crippen LogP contribution >= 0.6 is 0 Å². The first-order valence-electron chi connectivity index (χ1n) is 8.96. The SMILES string of the molecule is Cc1c(C(=O)C(C#N)c2nnc3n2CCCCC3)oc2c(C)cccc12. The van der Waals surface area contributed by atoms with E-state index in [-0.39, 0.29) is 11.5 Å². The fraction of sp³-hybridized carbons (Fsp3) is 0.400. The van der Waals surface area contributed by atoms with Crippen molar-refractivity contribution in [1.82, 2.24) is 14.8 Å². The fourth-order valence-electron chi connectivity index (χ4n) is 3.71. The molecule has 0 radical (unpaired) electrons.